The summed E-state index contributed by atoms with van der Waals surface area (Å²) in [6.07, 6.45) is 0. The highest BCUT2D eigenvalue weighted by molar-refractivity contribution is 6.08. The molecule has 130 valence electrons. The Bertz CT molecular complexity index is 1050. The second-order valence-corrected chi connectivity index (χ2v) is 5.68. The summed E-state index contributed by atoms with van der Waals surface area (Å²) in [6.45, 7) is 0. The zero-order valence-corrected chi connectivity index (χ0v) is 13.8. The number of carboxylic acid groups (broad SMARTS) is 2. The average molecular weight is 349 g/mol. The van der Waals surface area contributed by atoms with E-state index >= 15 is 0 Å². The van der Waals surface area contributed by atoms with Crippen LogP contribution in [0.1, 0.15) is 20.7 Å². The van der Waals surface area contributed by atoms with Crippen molar-refractivity contribution >= 4 is 11.9 Å². The molecule has 0 saturated heterocycles. The third kappa shape index (κ3) is 2.77. The molecule has 0 spiro atoms. The molecule has 1 heterocycles. The molecule has 0 fully saturated rings. The van der Waals surface area contributed by atoms with Gasteiger partial charge in [-0.15, -0.1) is 0 Å². The summed E-state index contributed by atoms with van der Waals surface area (Å²) in [5.41, 5.74) is -0.604. The van der Waals surface area contributed by atoms with Gasteiger partial charge in [-0.3, -0.25) is 4.79 Å². The van der Waals surface area contributed by atoms with Crippen LogP contribution in [0.15, 0.2) is 65.5 Å². The lowest BCUT2D eigenvalue weighted by Gasteiger charge is -2.18. The normalized spacial score (nSPS) is 10.5. The van der Waals surface area contributed by atoms with Gasteiger partial charge in [-0.1, -0.05) is 60.7 Å². The number of carboxylic acids is 2. The monoisotopic (exact) mass is 349 g/mol. The van der Waals surface area contributed by atoms with Crippen molar-refractivity contribution in [2.45, 2.75) is 0 Å². The van der Waals surface area contributed by atoms with E-state index in [1.54, 1.807) is 60.7 Å². The topological polar surface area (TPSA) is 96.6 Å². The number of aromatic nitrogens is 1. The van der Waals surface area contributed by atoms with Crippen LogP contribution in [0.4, 0.5) is 0 Å². The molecule has 0 aliphatic carbocycles. The van der Waals surface area contributed by atoms with E-state index in [1.807, 2.05) is 0 Å². The summed E-state index contributed by atoms with van der Waals surface area (Å²) < 4.78 is 1.08. The molecule has 26 heavy (non-hydrogen) atoms. The molecule has 0 aliphatic rings. The maximum atomic E-state index is 12.8. The second-order valence-electron chi connectivity index (χ2n) is 5.68. The first-order valence-electron chi connectivity index (χ1n) is 7.78. The van der Waals surface area contributed by atoms with Gasteiger partial charge in [0.2, 0.25) is 0 Å². The van der Waals surface area contributed by atoms with Crippen LogP contribution in [0.25, 0.3) is 22.4 Å². The third-order valence-corrected chi connectivity index (χ3v) is 4.13. The Morgan fingerprint density at radius 2 is 1.23 bits per heavy atom. The van der Waals surface area contributed by atoms with E-state index in [9.17, 15) is 24.6 Å². The van der Waals surface area contributed by atoms with Crippen LogP contribution >= 0.6 is 0 Å². The fourth-order valence-electron chi connectivity index (χ4n) is 3.02. The quantitative estimate of drug-likeness (QED) is 0.754. The van der Waals surface area contributed by atoms with Gasteiger partial charge in [0, 0.05) is 12.6 Å². The standard InChI is InChI=1S/C20H15NO5/c1-21-17(13-10-6-3-7-11-13)15(19(23)24)14(12-8-4-2-5-9-12)16(18(21)22)20(25)26/h2-11H,1H3,(H,23,24)(H,25,26). The molecule has 6 nitrogen and oxygen atoms in total. The zero-order chi connectivity index (χ0) is 18.8. The SMILES string of the molecule is Cn1c(-c2ccccc2)c(C(=O)O)c(-c2ccccc2)c(C(=O)O)c1=O. The van der Waals surface area contributed by atoms with Crippen LogP contribution in [0.3, 0.4) is 0 Å². The van der Waals surface area contributed by atoms with Crippen molar-refractivity contribution in [3.63, 3.8) is 0 Å². The van der Waals surface area contributed by atoms with Gasteiger partial charge < -0.3 is 14.8 Å². The maximum absolute atomic E-state index is 12.8. The summed E-state index contributed by atoms with van der Waals surface area (Å²) in [7, 11) is 1.37. The molecule has 0 aliphatic heterocycles. The van der Waals surface area contributed by atoms with Crippen molar-refractivity contribution in [2.24, 2.45) is 7.05 Å². The number of hydrogen-bond acceptors (Lipinski definition) is 3. The molecular weight excluding hydrogens is 334 g/mol. The Morgan fingerprint density at radius 1 is 0.769 bits per heavy atom. The van der Waals surface area contributed by atoms with Gasteiger partial charge >= 0.3 is 11.9 Å². The zero-order valence-electron chi connectivity index (χ0n) is 13.8. The first kappa shape index (κ1) is 17.2. The molecule has 6 heteroatoms. The van der Waals surface area contributed by atoms with Crippen molar-refractivity contribution in [1.29, 1.82) is 0 Å². The van der Waals surface area contributed by atoms with E-state index in [1.165, 1.54) is 7.05 Å². The summed E-state index contributed by atoms with van der Waals surface area (Å²) in [5.74, 6) is -2.77. The van der Waals surface area contributed by atoms with Crippen molar-refractivity contribution < 1.29 is 19.8 Å². The van der Waals surface area contributed by atoms with Crippen LogP contribution in [0.5, 0.6) is 0 Å². The van der Waals surface area contributed by atoms with Crippen molar-refractivity contribution in [2.75, 3.05) is 0 Å². The number of rotatable bonds is 4. The lowest BCUT2D eigenvalue weighted by molar-refractivity contribution is 0.0695. The predicted molar refractivity (Wildman–Crippen MR) is 96.5 cm³/mol. The molecule has 3 rings (SSSR count). The molecule has 0 atom stereocenters. The predicted octanol–water partition coefficient (Wildman–Crippen LogP) is 3.12. The number of pyridine rings is 1. The molecule has 0 amide bonds. The largest absolute Gasteiger partial charge is 0.478 e. The Morgan fingerprint density at radius 3 is 1.69 bits per heavy atom. The van der Waals surface area contributed by atoms with Crippen molar-refractivity contribution in [3.05, 3.63) is 82.1 Å². The number of benzene rings is 2. The maximum Gasteiger partial charge on any atom is 0.342 e. The van der Waals surface area contributed by atoms with Gasteiger partial charge in [0.05, 0.1) is 11.3 Å². The smallest absolute Gasteiger partial charge is 0.342 e. The first-order chi connectivity index (χ1) is 12.4. The number of carbonyl (C=O) groups is 2. The third-order valence-electron chi connectivity index (χ3n) is 4.13. The van der Waals surface area contributed by atoms with Gasteiger partial charge in [-0.2, -0.15) is 0 Å². The first-order valence-corrected chi connectivity index (χ1v) is 7.78. The van der Waals surface area contributed by atoms with Crippen molar-refractivity contribution in [3.8, 4) is 22.4 Å². The van der Waals surface area contributed by atoms with E-state index in [0.717, 1.165) is 4.57 Å². The fraction of sp³-hybridized carbons (Fsp3) is 0.0500. The van der Waals surface area contributed by atoms with Crippen LogP contribution in [0, 0.1) is 0 Å². The lowest BCUT2D eigenvalue weighted by Crippen LogP contribution is -2.29. The van der Waals surface area contributed by atoms with Crippen LogP contribution in [-0.2, 0) is 7.05 Å². The Labute approximate surface area is 148 Å². The van der Waals surface area contributed by atoms with E-state index in [2.05, 4.69) is 0 Å². The minimum Gasteiger partial charge on any atom is -0.478 e. The molecule has 1 aromatic heterocycles. The molecule has 0 unspecified atom stereocenters. The lowest BCUT2D eigenvalue weighted by atomic mass is 9.91. The molecule has 0 saturated carbocycles. The summed E-state index contributed by atoms with van der Waals surface area (Å²) in [4.78, 5) is 36.7. The average Bonchev–Trinajstić information content (AvgIpc) is 2.64. The summed E-state index contributed by atoms with van der Waals surface area (Å²) >= 11 is 0. The highest BCUT2D eigenvalue weighted by atomic mass is 16.4. The van der Waals surface area contributed by atoms with Gasteiger partial charge in [-0.05, 0) is 11.1 Å². The molecule has 3 aromatic rings. The molecule has 2 aromatic carbocycles. The minimum absolute atomic E-state index is 0.0902. The Hall–Kier alpha value is -3.67. The highest BCUT2D eigenvalue weighted by Crippen LogP contribution is 2.33. The van der Waals surface area contributed by atoms with Gasteiger partial charge in [0.25, 0.3) is 5.56 Å². The minimum atomic E-state index is -1.47. The number of hydrogen-bond donors (Lipinski definition) is 2. The Balaban J connectivity index is 2.57. The van der Waals surface area contributed by atoms with Gasteiger partial charge in [0.1, 0.15) is 5.56 Å². The van der Waals surface area contributed by atoms with Crippen LogP contribution in [0.2, 0.25) is 0 Å². The fourth-order valence-corrected chi connectivity index (χ4v) is 3.02. The molecular formula is C20H15NO5. The molecule has 0 radical (unpaired) electrons. The summed E-state index contributed by atoms with van der Waals surface area (Å²) in [5, 5.41) is 19.5. The second kappa shape index (κ2) is 6.68. The Kier molecular flexibility index (Phi) is 4.41. The van der Waals surface area contributed by atoms with Crippen molar-refractivity contribution in [1.82, 2.24) is 4.57 Å². The van der Waals surface area contributed by atoms with E-state index in [4.69, 9.17) is 0 Å². The molecule has 0 bridgehead atoms. The van der Waals surface area contributed by atoms with E-state index < -0.39 is 23.1 Å². The summed E-state index contributed by atoms with van der Waals surface area (Å²) in [6, 6.07) is 16.8. The van der Waals surface area contributed by atoms with Crippen LogP contribution < -0.4 is 5.56 Å². The number of aromatic carboxylic acids is 2. The van der Waals surface area contributed by atoms with E-state index in [-0.39, 0.29) is 16.8 Å². The van der Waals surface area contributed by atoms with E-state index in [0.29, 0.717) is 11.1 Å². The van der Waals surface area contributed by atoms with Crippen LogP contribution in [-0.4, -0.2) is 26.7 Å². The highest BCUT2D eigenvalue weighted by Gasteiger charge is 2.29. The molecule has 2 N–H and O–H groups in total. The van der Waals surface area contributed by atoms with Gasteiger partial charge in [-0.25, -0.2) is 9.59 Å². The number of nitrogens with zero attached hydrogens (tertiary/aromatic N) is 1. The van der Waals surface area contributed by atoms with Gasteiger partial charge in [0.15, 0.2) is 0 Å².